The second-order valence-electron chi connectivity index (χ2n) is 5.64. The van der Waals surface area contributed by atoms with Gasteiger partial charge in [0.2, 0.25) is 0 Å². The maximum atomic E-state index is 3.81. The maximum absolute atomic E-state index is 3.81. The lowest BCUT2D eigenvalue weighted by molar-refractivity contribution is 0.452. The van der Waals surface area contributed by atoms with Crippen LogP contribution in [0, 0.1) is 5.92 Å². The van der Waals surface area contributed by atoms with Crippen molar-refractivity contribution in [1.82, 2.24) is 0 Å². The van der Waals surface area contributed by atoms with Crippen LogP contribution in [0.2, 0.25) is 0 Å². The average Bonchev–Trinajstić information content (AvgIpc) is 2.36. The molecule has 0 spiro atoms. The molecule has 0 aliphatic heterocycles. The van der Waals surface area contributed by atoms with E-state index in [4.69, 9.17) is 0 Å². The summed E-state index contributed by atoms with van der Waals surface area (Å²) in [6, 6.07) is 0. The molecule has 18 heavy (non-hydrogen) atoms. The smallest absolute Gasteiger partial charge is 0.0142 e. The molecule has 106 valence electrons. The first kappa shape index (κ1) is 17.5. The van der Waals surface area contributed by atoms with E-state index in [-0.39, 0.29) is 0 Å². The molecule has 0 aromatic rings. The number of rotatable bonds is 12. The Morgan fingerprint density at radius 1 is 1.06 bits per heavy atom. The van der Waals surface area contributed by atoms with Gasteiger partial charge in [0.05, 0.1) is 0 Å². The van der Waals surface area contributed by atoms with Crippen molar-refractivity contribution in [2.75, 3.05) is 0 Å². The Morgan fingerprint density at radius 3 is 2.33 bits per heavy atom. The fourth-order valence-electron chi connectivity index (χ4n) is 2.56. The largest absolute Gasteiger partial charge is 0.103 e. The molecular formula is C18H34. The molecule has 0 aromatic heterocycles. The molecule has 0 aromatic carbocycles. The van der Waals surface area contributed by atoms with Gasteiger partial charge in [0.15, 0.2) is 0 Å². The van der Waals surface area contributed by atoms with Crippen molar-refractivity contribution in [2.45, 2.75) is 85.0 Å². The molecule has 0 amide bonds. The number of hydrogen-bond donors (Lipinski definition) is 0. The first-order valence-electron chi connectivity index (χ1n) is 7.99. The summed E-state index contributed by atoms with van der Waals surface area (Å²) in [5.41, 5.74) is 1.56. The normalized spacial score (nSPS) is 13.6. The summed E-state index contributed by atoms with van der Waals surface area (Å²) < 4.78 is 0. The zero-order chi connectivity index (χ0) is 13.6. The van der Waals surface area contributed by atoms with Crippen LogP contribution in [0.5, 0.6) is 0 Å². The second-order valence-corrected chi connectivity index (χ2v) is 5.64. The highest BCUT2D eigenvalue weighted by molar-refractivity contribution is 5.04. The number of hydrogen-bond acceptors (Lipinski definition) is 0. The van der Waals surface area contributed by atoms with Gasteiger partial charge >= 0.3 is 0 Å². The van der Waals surface area contributed by atoms with Crippen LogP contribution in [0.1, 0.15) is 85.0 Å². The van der Waals surface area contributed by atoms with Crippen LogP contribution >= 0.6 is 0 Å². The van der Waals surface area contributed by atoms with Crippen LogP contribution in [0.3, 0.4) is 0 Å². The van der Waals surface area contributed by atoms with Crippen molar-refractivity contribution in [3.63, 3.8) is 0 Å². The van der Waals surface area contributed by atoms with E-state index in [9.17, 15) is 0 Å². The summed E-state index contributed by atoms with van der Waals surface area (Å²) in [5.74, 6) is 0.942. The lowest BCUT2D eigenvalue weighted by atomic mass is 9.97. The molecule has 0 saturated heterocycles. The minimum absolute atomic E-state index is 0.942. The van der Waals surface area contributed by atoms with Crippen molar-refractivity contribution < 1.29 is 0 Å². The summed E-state index contributed by atoms with van der Waals surface area (Å²) in [4.78, 5) is 0. The van der Waals surface area contributed by atoms with Crippen molar-refractivity contribution in [3.05, 3.63) is 24.3 Å². The van der Waals surface area contributed by atoms with Crippen molar-refractivity contribution in [2.24, 2.45) is 5.92 Å². The number of unbranched alkanes of at least 4 members (excludes halogenated alkanes) is 4. The van der Waals surface area contributed by atoms with Crippen molar-refractivity contribution in [1.29, 1.82) is 0 Å². The molecule has 0 heterocycles. The lowest BCUT2D eigenvalue weighted by Gasteiger charge is -2.09. The Bertz CT molecular complexity index is 212. The van der Waals surface area contributed by atoms with Gasteiger partial charge in [0, 0.05) is 0 Å². The Hall–Kier alpha value is -0.520. The molecule has 0 N–H and O–H groups in total. The predicted molar refractivity (Wildman–Crippen MR) is 85.0 cm³/mol. The van der Waals surface area contributed by atoms with Crippen LogP contribution in [0.15, 0.2) is 24.3 Å². The average molecular weight is 250 g/mol. The van der Waals surface area contributed by atoms with Gasteiger partial charge in [-0.3, -0.25) is 0 Å². The summed E-state index contributed by atoms with van der Waals surface area (Å²) >= 11 is 0. The molecule has 0 radical (unpaired) electrons. The first-order chi connectivity index (χ1) is 8.74. The van der Waals surface area contributed by atoms with E-state index in [0.717, 1.165) is 12.3 Å². The molecule has 0 nitrogen and oxygen atoms in total. The molecule has 0 heteroatoms. The van der Waals surface area contributed by atoms with E-state index < -0.39 is 0 Å². The Kier molecular flexibility index (Phi) is 12.6. The third-order valence-corrected chi connectivity index (χ3v) is 3.79. The van der Waals surface area contributed by atoms with Crippen LogP contribution in [0.25, 0.3) is 0 Å². The summed E-state index contributed by atoms with van der Waals surface area (Å²) in [6.07, 6.45) is 17.9. The maximum Gasteiger partial charge on any atom is -0.0142 e. The topological polar surface area (TPSA) is 0 Å². The molecule has 1 atom stereocenters. The van der Waals surface area contributed by atoms with E-state index >= 15 is 0 Å². The zero-order valence-electron chi connectivity index (χ0n) is 13.0. The van der Waals surface area contributed by atoms with Gasteiger partial charge in [0.25, 0.3) is 0 Å². The SMILES string of the molecule is C=CCC(=CC)CCCCCCCC(C)CCC. The Morgan fingerprint density at radius 2 is 1.72 bits per heavy atom. The molecule has 0 fully saturated rings. The minimum Gasteiger partial charge on any atom is -0.103 e. The minimum atomic E-state index is 0.942. The van der Waals surface area contributed by atoms with Gasteiger partial charge in [-0.1, -0.05) is 76.5 Å². The molecular weight excluding hydrogens is 216 g/mol. The summed E-state index contributed by atoms with van der Waals surface area (Å²) in [7, 11) is 0. The van der Waals surface area contributed by atoms with Gasteiger partial charge in [-0.05, 0) is 32.1 Å². The third-order valence-electron chi connectivity index (χ3n) is 3.79. The van der Waals surface area contributed by atoms with E-state index in [2.05, 4.69) is 33.4 Å². The highest BCUT2D eigenvalue weighted by atomic mass is 14.1. The lowest BCUT2D eigenvalue weighted by Crippen LogP contribution is -1.93. The molecule has 1 unspecified atom stereocenters. The van der Waals surface area contributed by atoms with Gasteiger partial charge in [-0.25, -0.2) is 0 Å². The van der Waals surface area contributed by atoms with Crippen LogP contribution < -0.4 is 0 Å². The van der Waals surface area contributed by atoms with Gasteiger partial charge in [-0.2, -0.15) is 0 Å². The van der Waals surface area contributed by atoms with Crippen LogP contribution in [-0.2, 0) is 0 Å². The quantitative estimate of drug-likeness (QED) is 0.268. The molecule has 0 rings (SSSR count). The monoisotopic (exact) mass is 250 g/mol. The molecule has 0 aliphatic carbocycles. The third kappa shape index (κ3) is 10.6. The fourth-order valence-corrected chi connectivity index (χ4v) is 2.56. The zero-order valence-corrected chi connectivity index (χ0v) is 13.0. The highest BCUT2D eigenvalue weighted by Crippen LogP contribution is 2.17. The van der Waals surface area contributed by atoms with Crippen molar-refractivity contribution >= 4 is 0 Å². The van der Waals surface area contributed by atoms with Gasteiger partial charge < -0.3 is 0 Å². The molecule has 0 aliphatic rings. The van der Waals surface area contributed by atoms with Crippen LogP contribution in [0.4, 0.5) is 0 Å². The van der Waals surface area contributed by atoms with Crippen LogP contribution in [-0.4, -0.2) is 0 Å². The van der Waals surface area contributed by atoms with E-state index in [0.29, 0.717) is 0 Å². The van der Waals surface area contributed by atoms with Crippen molar-refractivity contribution in [3.8, 4) is 0 Å². The Balaban J connectivity index is 3.32. The fraction of sp³-hybridized carbons (Fsp3) is 0.778. The first-order valence-corrected chi connectivity index (χ1v) is 7.99. The molecule has 0 bridgehead atoms. The number of allylic oxidation sites excluding steroid dienone is 3. The second kappa shape index (κ2) is 12.9. The van der Waals surface area contributed by atoms with E-state index in [1.807, 2.05) is 6.08 Å². The van der Waals surface area contributed by atoms with E-state index in [1.165, 1.54) is 57.8 Å². The summed E-state index contributed by atoms with van der Waals surface area (Å²) in [5, 5.41) is 0. The van der Waals surface area contributed by atoms with Gasteiger partial charge in [-0.15, -0.1) is 6.58 Å². The Labute approximate surface area is 116 Å². The van der Waals surface area contributed by atoms with Gasteiger partial charge in [0.1, 0.15) is 0 Å². The predicted octanol–water partition coefficient (Wildman–Crippen LogP) is 6.68. The summed E-state index contributed by atoms with van der Waals surface area (Å²) in [6.45, 7) is 10.6. The van der Waals surface area contributed by atoms with E-state index in [1.54, 1.807) is 5.57 Å². The standard InChI is InChI=1S/C18H34/c1-5-13-17(4)15-11-9-8-10-12-16-18(7-3)14-6-2/h6-7,17H,2,5,8-16H2,1,3-4H3. The molecule has 0 saturated carbocycles. The highest BCUT2D eigenvalue weighted by Gasteiger charge is 2.00.